The third-order valence-corrected chi connectivity index (χ3v) is 3.46. The van der Waals surface area contributed by atoms with E-state index in [1.165, 1.54) is 25.0 Å². The van der Waals surface area contributed by atoms with Crippen LogP contribution in [0.25, 0.3) is 5.65 Å². The molecule has 0 atom stereocenters. The van der Waals surface area contributed by atoms with Crippen LogP contribution in [0, 0.1) is 5.92 Å². The number of nitrogens with zero attached hydrogens (tertiary/aromatic N) is 2. The molecule has 92 valence electrons. The Morgan fingerprint density at radius 3 is 3.00 bits per heavy atom. The summed E-state index contributed by atoms with van der Waals surface area (Å²) in [5, 5.41) is 3.52. The lowest BCUT2D eigenvalue weighted by Crippen LogP contribution is -2.27. The fourth-order valence-corrected chi connectivity index (χ4v) is 2.22. The second kappa shape index (κ2) is 5.52. The minimum Gasteiger partial charge on any atom is -0.311 e. The summed E-state index contributed by atoms with van der Waals surface area (Å²) in [5.41, 5.74) is 2.28. The molecule has 0 radical (unpaired) electrons. The Labute approximate surface area is 108 Å². The lowest BCUT2D eigenvalue weighted by molar-refractivity contribution is 0.301. The van der Waals surface area contributed by atoms with Gasteiger partial charge in [-0.2, -0.15) is 0 Å². The molecule has 1 aliphatic rings. The maximum atomic E-state index is 4.37. The van der Waals surface area contributed by atoms with Crippen molar-refractivity contribution in [3.8, 4) is 0 Å². The standard InChI is InChI=1S/C13H17N3.ClH/c1-2-7-16-12(10-15-13(16)6-1)9-14-8-11-4-3-5-11;/h1-2,6-7,10-11,14H,3-5,8-9H2;1H. The summed E-state index contributed by atoms with van der Waals surface area (Å²) in [6.45, 7) is 2.07. The van der Waals surface area contributed by atoms with E-state index in [0.717, 1.165) is 24.7 Å². The van der Waals surface area contributed by atoms with Gasteiger partial charge in [-0.1, -0.05) is 12.5 Å². The number of pyridine rings is 1. The largest absolute Gasteiger partial charge is 0.311 e. The predicted molar refractivity (Wildman–Crippen MR) is 71.5 cm³/mol. The molecule has 2 aromatic rings. The molecule has 1 aliphatic carbocycles. The van der Waals surface area contributed by atoms with Gasteiger partial charge in [-0.15, -0.1) is 12.4 Å². The number of hydrogen-bond acceptors (Lipinski definition) is 2. The number of halogens is 1. The highest BCUT2D eigenvalue weighted by atomic mass is 35.5. The Hall–Kier alpha value is -1.06. The van der Waals surface area contributed by atoms with E-state index in [0.29, 0.717) is 0 Å². The molecule has 3 rings (SSSR count). The first-order chi connectivity index (χ1) is 7.93. The van der Waals surface area contributed by atoms with Gasteiger partial charge in [0.05, 0.1) is 11.9 Å². The molecule has 2 heterocycles. The van der Waals surface area contributed by atoms with Crippen molar-refractivity contribution in [1.29, 1.82) is 0 Å². The number of fused-ring (bicyclic) bond motifs is 1. The Kier molecular flexibility index (Phi) is 4.02. The highest BCUT2D eigenvalue weighted by molar-refractivity contribution is 5.85. The topological polar surface area (TPSA) is 29.3 Å². The monoisotopic (exact) mass is 251 g/mol. The first-order valence-corrected chi connectivity index (χ1v) is 6.05. The van der Waals surface area contributed by atoms with E-state index >= 15 is 0 Å². The summed E-state index contributed by atoms with van der Waals surface area (Å²) in [7, 11) is 0. The number of aromatic nitrogens is 2. The van der Waals surface area contributed by atoms with Crippen LogP contribution < -0.4 is 5.32 Å². The normalized spacial score (nSPS) is 15.5. The molecule has 1 saturated carbocycles. The molecule has 2 aromatic heterocycles. The Morgan fingerprint density at radius 1 is 1.35 bits per heavy atom. The average Bonchev–Trinajstić information content (AvgIpc) is 2.65. The maximum absolute atomic E-state index is 4.37. The summed E-state index contributed by atoms with van der Waals surface area (Å²) in [6, 6.07) is 6.10. The Bertz CT molecular complexity index is 476. The summed E-state index contributed by atoms with van der Waals surface area (Å²) in [5.74, 6) is 0.916. The van der Waals surface area contributed by atoms with E-state index in [9.17, 15) is 0 Å². The van der Waals surface area contributed by atoms with Crippen LogP contribution in [0.5, 0.6) is 0 Å². The van der Waals surface area contributed by atoms with Gasteiger partial charge >= 0.3 is 0 Å². The van der Waals surface area contributed by atoms with Crippen LogP contribution in [-0.4, -0.2) is 15.9 Å². The molecule has 1 fully saturated rings. The first kappa shape index (κ1) is 12.4. The molecule has 0 unspecified atom stereocenters. The van der Waals surface area contributed by atoms with Crippen molar-refractivity contribution in [1.82, 2.24) is 14.7 Å². The van der Waals surface area contributed by atoms with Crippen LogP contribution in [0.2, 0.25) is 0 Å². The smallest absolute Gasteiger partial charge is 0.136 e. The second-order valence-corrected chi connectivity index (χ2v) is 4.61. The minimum atomic E-state index is 0. The van der Waals surface area contributed by atoms with Gasteiger partial charge in [-0.05, 0) is 37.4 Å². The molecule has 0 saturated heterocycles. The quantitative estimate of drug-likeness (QED) is 0.905. The lowest BCUT2D eigenvalue weighted by atomic mass is 9.85. The summed E-state index contributed by atoms with van der Waals surface area (Å²) >= 11 is 0. The Balaban J connectivity index is 0.00000108. The van der Waals surface area contributed by atoms with Crippen molar-refractivity contribution in [2.24, 2.45) is 5.92 Å². The molecular weight excluding hydrogens is 234 g/mol. The third kappa shape index (κ3) is 2.61. The molecule has 0 bridgehead atoms. The summed E-state index contributed by atoms with van der Waals surface area (Å²) in [4.78, 5) is 4.37. The zero-order chi connectivity index (χ0) is 10.8. The van der Waals surface area contributed by atoms with Crippen molar-refractivity contribution < 1.29 is 0 Å². The van der Waals surface area contributed by atoms with Crippen molar-refractivity contribution in [2.75, 3.05) is 6.54 Å². The maximum Gasteiger partial charge on any atom is 0.136 e. The molecule has 17 heavy (non-hydrogen) atoms. The van der Waals surface area contributed by atoms with Crippen molar-refractivity contribution in [3.63, 3.8) is 0 Å². The molecule has 0 aromatic carbocycles. The molecular formula is C13H18ClN3. The van der Waals surface area contributed by atoms with Gasteiger partial charge in [0.15, 0.2) is 0 Å². The molecule has 0 aliphatic heterocycles. The number of nitrogens with one attached hydrogen (secondary N) is 1. The van der Waals surface area contributed by atoms with Crippen LogP contribution in [0.1, 0.15) is 25.0 Å². The van der Waals surface area contributed by atoms with Crippen molar-refractivity contribution in [2.45, 2.75) is 25.8 Å². The van der Waals surface area contributed by atoms with Gasteiger partial charge in [0.25, 0.3) is 0 Å². The van der Waals surface area contributed by atoms with E-state index in [1.807, 2.05) is 24.4 Å². The highest BCUT2D eigenvalue weighted by Gasteiger charge is 2.16. The first-order valence-electron chi connectivity index (χ1n) is 6.05. The van der Waals surface area contributed by atoms with E-state index in [-0.39, 0.29) is 12.4 Å². The van der Waals surface area contributed by atoms with Gasteiger partial charge in [0.2, 0.25) is 0 Å². The fraction of sp³-hybridized carbons (Fsp3) is 0.462. The van der Waals surface area contributed by atoms with Crippen LogP contribution in [0.4, 0.5) is 0 Å². The summed E-state index contributed by atoms with van der Waals surface area (Å²) in [6.07, 6.45) is 8.26. The van der Waals surface area contributed by atoms with Gasteiger partial charge in [-0.3, -0.25) is 0 Å². The minimum absolute atomic E-state index is 0. The van der Waals surface area contributed by atoms with E-state index < -0.39 is 0 Å². The SMILES string of the molecule is Cl.c1ccn2c(CNCC3CCC3)cnc2c1. The van der Waals surface area contributed by atoms with Gasteiger partial charge in [0, 0.05) is 12.7 Å². The zero-order valence-electron chi connectivity index (χ0n) is 9.80. The second-order valence-electron chi connectivity index (χ2n) is 4.61. The lowest BCUT2D eigenvalue weighted by Gasteiger charge is -2.25. The Morgan fingerprint density at radius 2 is 2.24 bits per heavy atom. The molecule has 0 spiro atoms. The molecule has 4 heteroatoms. The number of rotatable bonds is 4. The van der Waals surface area contributed by atoms with Crippen LogP contribution >= 0.6 is 12.4 Å². The van der Waals surface area contributed by atoms with Crippen molar-refractivity contribution in [3.05, 3.63) is 36.3 Å². The van der Waals surface area contributed by atoms with Crippen LogP contribution in [0.3, 0.4) is 0 Å². The van der Waals surface area contributed by atoms with Gasteiger partial charge < -0.3 is 9.72 Å². The fourth-order valence-electron chi connectivity index (χ4n) is 2.22. The predicted octanol–water partition coefficient (Wildman–Crippen LogP) is 2.65. The summed E-state index contributed by atoms with van der Waals surface area (Å²) < 4.78 is 2.15. The van der Waals surface area contributed by atoms with Crippen LogP contribution in [-0.2, 0) is 6.54 Å². The third-order valence-electron chi connectivity index (χ3n) is 3.46. The molecule has 0 amide bonds. The van der Waals surface area contributed by atoms with E-state index in [2.05, 4.69) is 20.9 Å². The average molecular weight is 252 g/mol. The van der Waals surface area contributed by atoms with Gasteiger partial charge in [0.1, 0.15) is 5.65 Å². The van der Waals surface area contributed by atoms with Crippen molar-refractivity contribution >= 4 is 18.1 Å². The highest BCUT2D eigenvalue weighted by Crippen LogP contribution is 2.25. The van der Waals surface area contributed by atoms with E-state index in [4.69, 9.17) is 0 Å². The number of hydrogen-bond donors (Lipinski definition) is 1. The van der Waals surface area contributed by atoms with E-state index in [1.54, 1.807) is 0 Å². The molecule has 3 nitrogen and oxygen atoms in total. The van der Waals surface area contributed by atoms with Gasteiger partial charge in [-0.25, -0.2) is 4.98 Å². The van der Waals surface area contributed by atoms with Crippen LogP contribution in [0.15, 0.2) is 30.6 Å². The number of imidazole rings is 1. The zero-order valence-corrected chi connectivity index (χ0v) is 10.6. The molecule has 1 N–H and O–H groups in total.